The third kappa shape index (κ3) is 3.24. The van der Waals surface area contributed by atoms with Crippen molar-refractivity contribution in [2.75, 3.05) is 6.54 Å². The van der Waals surface area contributed by atoms with Gasteiger partial charge in [-0.1, -0.05) is 31.1 Å². The van der Waals surface area contributed by atoms with E-state index in [0.29, 0.717) is 30.4 Å². The molecule has 0 aromatic carbocycles. The van der Waals surface area contributed by atoms with Gasteiger partial charge in [0.15, 0.2) is 11.5 Å². The molecule has 2 aromatic heterocycles. The van der Waals surface area contributed by atoms with Crippen LogP contribution in [0.25, 0.3) is 0 Å². The van der Waals surface area contributed by atoms with Crippen molar-refractivity contribution in [3.63, 3.8) is 0 Å². The summed E-state index contributed by atoms with van der Waals surface area (Å²) in [5, 5.41) is 20.4. The van der Waals surface area contributed by atoms with E-state index in [1.807, 2.05) is 20.8 Å². The van der Waals surface area contributed by atoms with Crippen molar-refractivity contribution in [1.29, 1.82) is 0 Å². The Balaban J connectivity index is 2.27. The van der Waals surface area contributed by atoms with Crippen LogP contribution in [0, 0.1) is 0 Å². The molecule has 0 aliphatic rings. The van der Waals surface area contributed by atoms with Gasteiger partial charge in [0.2, 0.25) is 5.89 Å². The first-order chi connectivity index (χ1) is 9.82. The van der Waals surface area contributed by atoms with Gasteiger partial charge in [-0.25, -0.2) is 9.48 Å². The molecular formula is C12H18N6O3. The predicted octanol–water partition coefficient (Wildman–Crippen LogP) is 0.206. The van der Waals surface area contributed by atoms with E-state index in [1.165, 1.54) is 4.68 Å². The topological polar surface area (TPSA) is 133 Å². The Hall–Kier alpha value is -2.29. The van der Waals surface area contributed by atoms with Crippen LogP contribution in [0.3, 0.4) is 0 Å². The number of aromatic nitrogens is 5. The molecule has 0 radical (unpaired) electrons. The van der Waals surface area contributed by atoms with Gasteiger partial charge in [-0.3, -0.25) is 0 Å². The molecule has 9 nitrogen and oxygen atoms in total. The van der Waals surface area contributed by atoms with Gasteiger partial charge >= 0.3 is 5.97 Å². The van der Waals surface area contributed by atoms with Crippen LogP contribution in [0.2, 0.25) is 0 Å². The molecule has 0 amide bonds. The summed E-state index contributed by atoms with van der Waals surface area (Å²) in [5.41, 5.74) is 5.60. The van der Waals surface area contributed by atoms with Gasteiger partial charge in [0.25, 0.3) is 0 Å². The number of carboxylic acids is 1. The average Bonchev–Trinajstić information content (AvgIpc) is 2.98. The van der Waals surface area contributed by atoms with E-state index in [1.54, 1.807) is 0 Å². The van der Waals surface area contributed by atoms with Crippen molar-refractivity contribution in [2.45, 2.75) is 39.2 Å². The van der Waals surface area contributed by atoms with Crippen molar-refractivity contribution in [3.8, 4) is 0 Å². The van der Waals surface area contributed by atoms with Gasteiger partial charge in [0, 0.05) is 11.8 Å². The Labute approximate surface area is 121 Å². The van der Waals surface area contributed by atoms with E-state index in [0.717, 1.165) is 0 Å². The lowest BCUT2D eigenvalue weighted by Gasteiger charge is -2.10. The molecule has 0 bridgehead atoms. The first-order valence-electron chi connectivity index (χ1n) is 6.51. The van der Waals surface area contributed by atoms with Crippen molar-refractivity contribution < 1.29 is 14.4 Å². The van der Waals surface area contributed by atoms with Crippen LogP contribution in [0.15, 0.2) is 4.52 Å². The van der Waals surface area contributed by atoms with E-state index in [4.69, 9.17) is 15.4 Å². The third-order valence-electron chi connectivity index (χ3n) is 2.82. The van der Waals surface area contributed by atoms with Gasteiger partial charge < -0.3 is 15.4 Å². The van der Waals surface area contributed by atoms with Gasteiger partial charge in [-0.05, 0) is 6.54 Å². The summed E-state index contributed by atoms with van der Waals surface area (Å²) < 4.78 is 6.63. The SMILES string of the molecule is CC(C)(C)c1nc(Cn2nnc(C(=O)O)c2CCN)no1. The smallest absolute Gasteiger partial charge is 0.358 e. The molecule has 0 aliphatic carbocycles. The second-order valence-corrected chi connectivity index (χ2v) is 5.65. The maximum absolute atomic E-state index is 11.1. The number of hydrogen-bond donors (Lipinski definition) is 2. The standard InChI is InChI=1S/C12H18N6O3/c1-12(2,3)11-14-8(16-21-11)6-18-7(4-5-13)9(10(19)20)15-17-18/h4-6,13H2,1-3H3,(H,19,20). The number of rotatable bonds is 5. The summed E-state index contributed by atoms with van der Waals surface area (Å²) in [5.74, 6) is -0.204. The normalized spacial score (nSPS) is 11.8. The lowest BCUT2D eigenvalue weighted by atomic mass is 9.97. The average molecular weight is 294 g/mol. The van der Waals surface area contributed by atoms with Crippen molar-refractivity contribution in [2.24, 2.45) is 5.73 Å². The maximum atomic E-state index is 11.1. The molecular weight excluding hydrogens is 276 g/mol. The van der Waals surface area contributed by atoms with Crippen LogP contribution in [-0.4, -0.2) is 42.8 Å². The van der Waals surface area contributed by atoms with Gasteiger partial charge in [-0.15, -0.1) is 5.10 Å². The fourth-order valence-electron chi connectivity index (χ4n) is 1.77. The van der Waals surface area contributed by atoms with Crippen molar-refractivity contribution in [3.05, 3.63) is 23.1 Å². The van der Waals surface area contributed by atoms with Crippen LogP contribution in [-0.2, 0) is 18.4 Å². The highest BCUT2D eigenvalue weighted by Gasteiger charge is 2.23. The monoisotopic (exact) mass is 294 g/mol. The molecule has 0 atom stereocenters. The Bertz CT molecular complexity index is 640. The molecule has 3 N–H and O–H groups in total. The van der Waals surface area contributed by atoms with Crippen LogP contribution < -0.4 is 5.73 Å². The Morgan fingerprint density at radius 1 is 1.43 bits per heavy atom. The summed E-state index contributed by atoms with van der Waals surface area (Å²) in [6.45, 7) is 6.37. The first kappa shape index (κ1) is 15.1. The van der Waals surface area contributed by atoms with E-state index in [-0.39, 0.29) is 17.7 Å². The Morgan fingerprint density at radius 3 is 2.67 bits per heavy atom. The molecule has 0 saturated carbocycles. The second-order valence-electron chi connectivity index (χ2n) is 5.65. The van der Waals surface area contributed by atoms with Crippen LogP contribution in [0.1, 0.15) is 48.7 Å². The van der Waals surface area contributed by atoms with Gasteiger partial charge in [0.05, 0.1) is 5.69 Å². The lowest BCUT2D eigenvalue weighted by molar-refractivity contribution is 0.0689. The molecule has 0 spiro atoms. The maximum Gasteiger partial charge on any atom is 0.358 e. The molecule has 0 unspecified atom stereocenters. The number of aromatic carboxylic acids is 1. The molecule has 9 heteroatoms. The molecule has 2 heterocycles. The Morgan fingerprint density at radius 2 is 2.14 bits per heavy atom. The van der Waals surface area contributed by atoms with E-state index >= 15 is 0 Å². The highest BCUT2D eigenvalue weighted by atomic mass is 16.5. The zero-order chi connectivity index (χ0) is 15.6. The fourth-order valence-corrected chi connectivity index (χ4v) is 1.77. The van der Waals surface area contributed by atoms with Crippen molar-refractivity contribution >= 4 is 5.97 Å². The summed E-state index contributed by atoms with van der Waals surface area (Å²) in [4.78, 5) is 15.4. The minimum absolute atomic E-state index is 0.0972. The molecule has 2 aromatic rings. The van der Waals surface area contributed by atoms with Crippen LogP contribution >= 0.6 is 0 Å². The number of carbonyl (C=O) groups is 1. The molecule has 0 saturated heterocycles. The molecule has 0 aliphatic heterocycles. The third-order valence-corrected chi connectivity index (χ3v) is 2.82. The molecule has 21 heavy (non-hydrogen) atoms. The van der Waals surface area contributed by atoms with Crippen LogP contribution in [0.5, 0.6) is 0 Å². The summed E-state index contributed by atoms with van der Waals surface area (Å²) >= 11 is 0. The predicted molar refractivity (Wildman–Crippen MR) is 71.8 cm³/mol. The van der Waals surface area contributed by atoms with Gasteiger partial charge in [-0.2, -0.15) is 4.98 Å². The van der Waals surface area contributed by atoms with Gasteiger partial charge in [0.1, 0.15) is 6.54 Å². The fraction of sp³-hybridized carbons (Fsp3) is 0.583. The lowest BCUT2D eigenvalue weighted by Crippen LogP contribution is -2.15. The zero-order valence-corrected chi connectivity index (χ0v) is 12.2. The highest BCUT2D eigenvalue weighted by molar-refractivity contribution is 5.86. The second kappa shape index (κ2) is 5.60. The zero-order valence-electron chi connectivity index (χ0n) is 12.2. The number of carboxylic acid groups (broad SMARTS) is 1. The summed E-state index contributed by atoms with van der Waals surface area (Å²) in [7, 11) is 0. The van der Waals surface area contributed by atoms with Crippen LogP contribution in [0.4, 0.5) is 0 Å². The number of nitrogens with two attached hydrogens (primary N) is 1. The molecule has 2 rings (SSSR count). The van der Waals surface area contributed by atoms with E-state index < -0.39 is 5.97 Å². The summed E-state index contributed by atoms with van der Waals surface area (Å²) in [6, 6.07) is 0. The molecule has 114 valence electrons. The van der Waals surface area contributed by atoms with E-state index in [2.05, 4.69) is 20.5 Å². The summed E-state index contributed by atoms with van der Waals surface area (Å²) in [6.07, 6.45) is 0.360. The number of hydrogen-bond acceptors (Lipinski definition) is 7. The Kier molecular flexibility index (Phi) is 4.03. The minimum Gasteiger partial charge on any atom is -0.476 e. The molecule has 0 fully saturated rings. The minimum atomic E-state index is -1.13. The van der Waals surface area contributed by atoms with Crippen molar-refractivity contribution in [1.82, 2.24) is 25.1 Å². The van der Waals surface area contributed by atoms with E-state index in [9.17, 15) is 4.79 Å². The largest absolute Gasteiger partial charge is 0.476 e. The number of nitrogens with zero attached hydrogens (tertiary/aromatic N) is 5. The first-order valence-corrected chi connectivity index (χ1v) is 6.51. The highest BCUT2D eigenvalue weighted by Crippen LogP contribution is 2.20. The quantitative estimate of drug-likeness (QED) is 0.799.